The van der Waals surface area contributed by atoms with Gasteiger partial charge < -0.3 is 29.0 Å². The number of ketones is 1. The lowest BCUT2D eigenvalue weighted by Gasteiger charge is -2.70. The maximum Gasteiger partial charge on any atom is 0.410 e. The molecule has 3 saturated carbocycles. The lowest BCUT2D eigenvalue weighted by molar-refractivity contribution is -0.270. The predicted octanol–water partition coefficient (Wildman–Crippen LogP) is 8.75. The van der Waals surface area contributed by atoms with Crippen molar-refractivity contribution in [3.05, 3.63) is 47.5 Å². The molecule has 0 aromatic heterocycles. The first-order valence-corrected chi connectivity index (χ1v) is 21.3. The molecule has 1 saturated heterocycles. The lowest BCUT2D eigenvalue weighted by atomic mass is 9.34. The van der Waals surface area contributed by atoms with Crippen molar-refractivity contribution in [2.24, 2.45) is 62.6 Å². The van der Waals surface area contributed by atoms with Crippen molar-refractivity contribution in [3.63, 3.8) is 0 Å². The summed E-state index contributed by atoms with van der Waals surface area (Å²) in [6, 6.07) is 9.58. The van der Waals surface area contributed by atoms with Crippen LogP contribution in [0.1, 0.15) is 114 Å². The third-order valence-corrected chi connectivity index (χ3v) is 17.3. The third kappa shape index (κ3) is 6.58. The van der Waals surface area contributed by atoms with Gasteiger partial charge in [0.2, 0.25) is 0 Å². The fourth-order valence-electron chi connectivity index (χ4n) is 12.9. The van der Waals surface area contributed by atoms with Gasteiger partial charge >= 0.3 is 18.0 Å². The third-order valence-electron chi connectivity index (χ3n) is 17.3. The lowest BCUT2D eigenvalue weighted by Crippen LogP contribution is -2.71. The fourth-order valence-corrected chi connectivity index (χ4v) is 12.9. The summed E-state index contributed by atoms with van der Waals surface area (Å²) >= 11 is 0. The van der Waals surface area contributed by atoms with Crippen LogP contribution in [-0.4, -0.2) is 78.4 Å². The van der Waals surface area contributed by atoms with Crippen LogP contribution < -0.4 is 0 Å². The maximum atomic E-state index is 15.0. The number of esters is 1. The van der Waals surface area contributed by atoms with Crippen molar-refractivity contribution < 1.29 is 43.2 Å². The molecule has 0 spiro atoms. The molecule has 57 heavy (non-hydrogen) atoms. The Labute approximate surface area is 340 Å². The first kappa shape index (κ1) is 43.3. The molecule has 12 atom stereocenters. The van der Waals surface area contributed by atoms with Gasteiger partial charge in [-0.2, -0.15) is 0 Å². The van der Waals surface area contributed by atoms with Gasteiger partial charge in [-0.05, 0) is 91.1 Å². The summed E-state index contributed by atoms with van der Waals surface area (Å²) in [5.41, 5.74) is -2.27. The average molecular weight is 792 g/mol. The molecular formula is C47H69NO9. The zero-order valence-corrected chi connectivity index (χ0v) is 36.6. The van der Waals surface area contributed by atoms with Crippen LogP contribution in [0.25, 0.3) is 0 Å². The Morgan fingerprint density at radius 2 is 1.67 bits per heavy atom. The first-order chi connectivity index (χ1) is 26.5. The van der Waals surface area contributed by atoms with Crippen molar-refractivity contribution in [1.29, 1.82) is 0 Å². The molecule has 5 aliphatic rings. The number of aliphatic carboxylic acids is 1. The highest BCUT2D eigenvalue weighted by Crippen LogP contribution is 2.74. The Bertz CT molecular complexity index is 1760. The number of carbonyl (C=O) groups is 4. The standard InChI is InChI=1S/C47H69NO9/c1-28(2)30(5)42(7)20-21-44(9)33-18-19-36-43(8)25-54-27-47(36,34(33)22-37(50)46(44,11)38(42)40(51)52)23-35(57-31(6)49)39(43)56-26-45(10,29(3)4)48(12)41(53)55-24-32-16-14-13-15-17-32/h13-17,22,28-30,33,35-36,38-39H,18-21,23-27H2,1-12H3,(H,51,52)/t30-,33+,35-,36+,38-,39+,42-,43-,44-,45-,46+,47+/m1/s1. The number of fused-ring (bicyclic) bond motifs is 3. The number of hydrogen-bond donors (Lipinski definition) is 1. The molecule has 10 nitrogen and oxygen atoms in total. The molecule has 0 unspecified atom stereocenters. The topological polar surface area (TPSA) is 129 Å². The molecule has 4 aliphatic carbocycles. The number of carboxylic acid groups (broad SMARTS) is 1. The molecule has 1 aromatic rings. The fraction of sp³-hybridized carbons (Fsp3) is 0.745. The van der Waals surface area contributed by atoms with Gasteiger partial charge in [-0.3, -0.25) is 14.4 Å². The van der Waals surface area contributed by atoms with E-state index in [0.29, 0.717) is 19.6 Å². The largest absolute Gasteiger partial charge is 0.481 e. The predicted molar refractivity (Wildman–Crippen MR) is 217 cm³/mol. The number of amides is 1. The van der Waals surface area contributed by atoms with E-state index in [1.165, 1.54) is 6.92 Å². The SMILES string of the molecule is CC(=O)O[C@@H]1C[C@@]23COC[C@](C)([C@@H]2CC[C@H]2C3=CC(=O)[C@@]3(C)[C@H](C(=O)O)[C@@](C)([C@H](C)C(C)C)CC[C@]23C)[C@H]1OC[C@](C)(C(C)C)N(C)C(=O)OCc1ccccc1. The normalized spacial score (nSPS) is 38.8. The van der Waals surface area contributed by atoms with Crippen LogP contribution >= 0.6 is 0 Å². The summed E-state index contributed by atoms with van der Waals surface area (Å²) in [6.45, 7) is 23.5. The van der Waals surface area contributed by atoms with Crippen molar-refractivity contribution >= 4 is 23.8 Å². The van der Waals surface area contributed by atoms with Gasteiger partial charge in [-0.1, -0.05) is 98.2 Å². The van der Waals surface area contributed by atoms with Gasteiger partial charge in [0, 0.05) is 30.2 Å². The highest BCUT2D eigenvalue weighted by atomic mass is 16.6. The second-order valence-corrected chi connectivity index (χ2v) is 20.4. The molecule has 1 amide bonds. The molecule has 6 rings (SSSR count). The maximum absolute atomic E-state index is 15.0. The molecule has 316 valence electrons. The number of allylic oxidation sites excluding steroid dienone is 1. The molecule has 0 radical (unpaired) electrons. The molecule has 1 aliphatic heterocycles. The first-order valence-electron chi connectivity index (χ1n) is 21.3. The van der Waals surface area contributed by atoms with Crippen molar-refractivity contribution in [3.8, 4) is 0 Å². The summed E-state index contributed by atoms with van der Waals surface area (Å²) in [7, 11) is 1.74. The summed E-state index contributed by atoms with van der Waals surface area (Å²) in [5.74, 6) is -1.85. The van der Waals surface area contributed by atoms with Gasteiger partial charge in [0.25, 0.3) is 0 Å². The smallest absolute Gasteiger partial charge is 0.410 e. The monoisotopic (exact) mass is 791 g/mol. The number of ether oxygens (including phenoxy) is 4. The molecule has 1 aromatic carbocycles. The highest BCUT2D eigenvalue weighted by molar-refractivity contribution is 6.00. The van der Waals surface area contributed by atoms with Crippen LogP contribution in [0.4, 0.5) is 4.79 Å². The van der Waals surface area contributed by atoms with E-state index in [0.717, 1.165) is 36.8 Å². The van der Waals surface area contributed by atoms with Gasteiger partial charge in [-0.25, -0.2) is 4.79 Å². The quantitative estimate of drug-likeness (QED) is 0.219. The van der Waals surface area contributed by atoms with Crippen LogP contribution in [0.2, 0.25) is 0 Å². The number of hydrogen-bond acceptors (Lipinski definition) is 8. The molecule has 10 heteroatoms. The Hall–Kier alpha value is -3.24. The zero-order valence-electron chi connectivity index (χ0n) is 36.6. The average Bonchev–Trinajstić information content (AvgIpc) is 3.14. The number of carbonyl (C=O) groups excluding carboxylic acids is 3. The Balaban J connectivity index is 1.34. The van der Waals surface area contributed by atoms with E-state index in [2.05, 4.69) is 55.4 Å². The molecule has 2 bridgehead atoms. The highest BCUT2D eigenvalue weighted by Gasteiger charge is 2.74. The van der Waals surface area contributed by atoms with E-state index in [4.69, 9.17) is 18.9 Å². The van der Waals surface area contributed by atoms with Crippen LogP contribution in [0, 0.1) is 62.6 Å². The number of likely N-dealkylation sites (N-methyl/N-ethyl adjacent to an activating group) is 1. The second kappa shape index (κ2) is 15.1. The van der Waals surface area contributed by atoms with Gasteiger partial charge in [-0.15, -0.1) is 0 Å². The number of nitrogens with zero attached hydrogens (tertiary/aromatic N) is 1. The Morgan fingerprint density at radius 3 is 2.26 bits per heavy atom. The second-order valence-electron chi connectivity index (χ2n) is 20.4. The van der Waals surface area contributed by atoms with Gasteiger partial charge in [0.15, 0.2) is 5.78 Å². The Kier molecular flexibility index (Phi) is 11.5. The zero-order chi connectivity index (χ0) is 42.1. The minimum atomic E-state index is -1.10. The van der Waals surface area contributed by atoms with E-state index in [-0.39, 0.29) is 48.6 Å². The summed E-state index contributed by atoms with van der Waals surface area (Å²) < 4.78 is 25.6. The van der Waals surface area contributed by atoms with Crippen LogP contribution in [0.3, 0.4) is 0 Å². The molecular weight excluding hydrogens is 723 g/mol. The van der Waals surface area contributed by atoms with Gasteiger partial charge in [0.05, 0.1) is 31.3 Å². The van der Waals surface area contributed by atoms with Crippen LogP contribution in [0.15, 0.2) is 42.0 Å². The molecule has 1 heterocycles. The van der Waals surface area contributed by atoms with Crippen molar-refractivity contribution in [2.45, 2.75) is 133 Å². The molecule has 1 N–H and O–H groups in total. The number of carboxylic acids is 1. The van der Waals surface area contributed by atoms with Gasteiger partial charge in [0.1, 0.15) is 18.8 Å². The van der Waals surface area contributed by atoms with E-state index in [1.807, 2.05) is 50.3 Å². The van der Waals surface area contributed by atoms with Crippen LogP contribution in [-0.2, 0) is 39.9 Å². The van der Waals surface area contributed by atoms with E-state index in [1.54, 1.807) is 11.9 Å². The summed E-state index contributed by atoms with van der Waals surface area (Å²) in [4.78, 5) is 56.6. The Morgan fingerprint density at radius 1 is 1.00 bits per heavy atom. The summed E-state index contributed by atoms with van der Waals surface area (Å²) in [5, 5.41) is 11.0. The number of benzene rings is 1. The van der Waals surface area contributed by atoms with Crippen LogP contribution in [0.5, 0.6) is 0 Å². The number of rotatable bonds is 11. The van der Waals surface area contributed by atoms with Crippen molar-refractivity contribution in [1.82, 2.24) is 4.90 Å². The summed E-state index contributed by atoms with van der Waals surface area (Å²) in [6.07, 6.45) is 3.76. The minimum Gasteiger partial charge on any atom is -0.481 e. The van der Waals surface area contributed by atoms with E-state index in [9.17, 15) is 19.5 Å². The minimum absolute atomic E-state index is 0.0172. The van der Waals surface area contributed by atoms with E-state index >= 15 is 4.79 Å². The van der Waals surface area contributed by atoms with Crippen molar-refractivity contribution in [2.75, 3.05) is 26.9 Å². The van der Waals surface area contributed by atoms with E-state index < -0.39 is 68.8 Å². The molecule has 4 fully saturated rings.